The first kappa shape index (κ1) is 17.5. The van der Waals surface area contributed by atoms with Crippen LogP contribution in [0.5, 0.6) is 11.5 Å². The lowest BCUT2D eigenvalue weighted by Crippen LogP contribution is -2.30. The smallest absolute Gasteiger partial charge is 0.353 e. The minimum Gasteiger partial charge on any atom is -0.481 e. The van der Waals surface area contributed by atoms with Crippen molar-refractivity contribution in [1.29, 1.82) is 0 Å². The molecule has 25 heavy (non-hydrogen) atoms. The summed E-state index contributed by atoms with van der Waals surface area (Å²) in [5.41, 5.74) is 6.44. The van der Waals surface area contributed by atoms with E-state index in [1.54, 1.807) is 31.2 Å². The van der Waals surface area contributed by atoms with Gasteiger partial charge in [-0.15, -0.1) is 11.3 Å². The Morgan fingerprint density at radius 3 is 2.60 bits per heavy atom. The van der Waals surface area contributed by atoms with Gasteiger partial charge in [-0.3, -0.25) is 4.79 Å². The van der Waals surface area contributed by atoms with Gasteiger partial charge in [-0.05, 0) is 68.0 Å². The standard InChI is InChI=1S/C19H21NO4S/c1-11-3-8-16-13(9-11)10-17(25-16)19(22)24-15-6-4-14(5-7-15)23-12(2)18(20)21/h4-7,10-12H,3,8-9H2,1-2H3,(H2,20,21)/t11-,12-/m1/s1. The van der Waals surface area contributed by atoms with Gasteiger partial charge in [0.15, 0.2) is 6.10 Å². The van der Waals surface area contributed by atoms with E-state index in [0.717, 1.165) is 12.8 Å². The number of carbonyl (C=O) groups is 2. The van der Waals surface area contributed by atoms with E-state index in [4.69, 9.17) is 15.2 Å². The van der Waals surface area contributed by atoms with Gasteiger partial charge in [-0.25, -0.2) is 4.79 Å². The predicted octanol–water partition coefficient (Wildman–Crippen LogP) is 3.34. The Morgan fingerprint density at radius 2 is 1.92 bits per heavy atom. The maximum Gasteiger partial charge on any atom is 0.353 e. The molecule has 0 aliphatic heterocycles. The van der Waals surface area contributed by atoms with Crippen molar-refractivity contribution >= 4 is 23.2 Å². The quantitative estimate of drug-likeness (QED) is 0.656. The van der Waals surface area contributed by atoms with Gasteiger partial charge < -0.3 is 15.2 Å². The molecule has 5 nitrogen and oxygen atoms in total. The third-order valence-corrected chi connectivity index (χ3v) is 5.50. The second-order valence-electron chi connectivity index (χ2n) is 6.43. The number of hydrogen-bond donors (Lipinski definition) is 1. The molecule has 0 saturated carbocycles. The van der Waals surface area contributed by atoms with E-state index in [1.165, 1.54) is 28.2 Å². The fourth-order valence-corrected chi connectivity index (χ4v) is 3.90. The van der Waals surface area contributed by atoms with Crippen molar-refractivity contribution in [3.8, 4) is 11.5 Å². The number of thiophene rings is 1. The van der Waals surface area contributed by atoms with Crippen molar-refractivity contribution in [2.75, 3.05) is 0 Å². The zero-order valence-electron chi connectivity index (χ0n) is 14.3. The summed E-state index contributed by atoms with van der Waals surface area (Å²) in [5.74, 6) is 0.717. The number of rotatable bonds is 5. The predicted molar refractivity (Wildman–Crippen MR) is 96.2 cm³/mol. The summed E-state index contributed by atoms with van der Waals surface area (Å²) < 4.78 is 10.8. The van der Waals surface area contributed by atoms with Gasteiger partial charge in [0, 0.05) is 4.88 Å². The Kier molecular flexibility index (Phi) is 5.08. The molecule has 132 valence electrons. The van der Waals surface area contributed by atoms with Crippen LogP contribution in [-0.2, 0) is 17.6 Å². The number of amides is 1. The second kappa shape index (κ2) is 7.27. The van der Waals surface area contributed by atoms with E-state index in [9.17, 15) is 9.59 Å². The summed E-state index contributed by atoms with van der Waals surface area (Å²) in [7, 11) is 0. The molecule has 3 rings (SSSR count). The van der Waals surface area contributed by atoms with Crippen LogP contribution in [0.3, 0.4) is 0 Å². The fourth-order valence-electron chi connectivity index (χ4n) is 2.81. The number of nitrogens with two attached hydrogens (primary N) is 1. The number of ether oxygens (including phenoxy) is 2. The molecule has 1 aromatic heterocycles. The Bertz CT molecular complexity index is 781. The second-order valence-corrected chi connectivity index (χ2v) is 7.57. The van der Waals surface area contributed by atoms with Crippen LogP contribution in [0.4, 0.5) is 0 Å². The third kappa shape index (κ3) is 4.20. The maximum atomic E-state index is 12.4. The monoisotopic (exact) mass is 359 g/mol. The van der Waals surface area contributed by atoms with Gasteiger partial charge in [-0.1, -0.05) is 6.92 Å². The van der Waals surface area contributed by atoms with Gasteiger partial charge in [0.05, 0.1) is 0 Å². The van der Waals surface area contributed by atoms with E-state index < -0.39 is 12.0 Å². The highest BCUT2D eigenvalue weighted by Gasteiger charge is 2.21. The number of carbonyl (C=O) groups excluding carboxylic acids is 2. The number of aryl methyl sites for hydroxylation is 1. The summed E-state index contributed by atoms with van der Waals surface area (Å²) in [4.78, 5) is 25.3. The van der Waals surface area contributed by atoms with Crippen molar-refractivity contribution in [3.05, 3.63) is 45.6 Å². The number of hydrogen-bond acceptors (Lipinski definition) is 5. The van der Waals surface area contributed by atoms with E-state index >= 15 is 0 Å². The zero-order valence-corrected chi connectivity index (χ0v) is 15.1. The first-order chi connectivity index (χ1) is 11.9. The molecule has 0 fully saturated rings. The minimum atomic E-state index is -0.715. The molecule has 2 atom stereocenters. The molecule has 1 heterocycles. The van der Waals surface area contributed by atoms with Gasteiger partial charge in [0.2, 0.25) is 0 Å². The highest BCUT2D eigenvalue weighted by atomic mass is 32.1. The molecule has 0 bridgehead atoms. The highest BCUT2D eigenvalue weighted by molar-refractivity contribution is 7.14. The van der Waals surface area contributed by atoms with Crippen LogP contribution in [0.1, 0.15) is 40.4 Å². The lowest BCUT2D eigenvalue weighted by Gasteiger charge is -2.16. The number of fused-ring (bicyclic) bond motifs is 1. The molecular formula is C19H21NO4S. The van der Waals surface area contributed by atoms with Gasteiger partial charge in [0.1, 0.15) is 16.4 Å². The van der Waals surface area contributed by atoms with Gasteiger partial charge in [-0.2, -0.15) is 0 Å². The maximum absolute atomic E-state index is 12.4. The summed E-state index contributed by atoms with van der Waals surface area (Å²) >= 11 is 1.53. The van der Waals surface area contributed by atoms with Crippen molar-refractivity contribution in [3.63, 3.8) is 0 Å². The number of primary amides is 1. The van der Waals surface area contributed by atoms with Crippen LogP contribution < -0.4 is 15.2 Å². The van der Waals surface area contributed by atoms with Gasteiger partial charge >= 0.3 is 5.97 Å². The molecule has 6 heteroatoms. The molecule has 2 N–H and O–H groups in total. The van der Waals surface area contributed by atoms with Crippen LogP contribution in [-0.4, -0.2) is 18.0 Å². The van der Waals surface area contributed by atoms with Crippen LogP contribution >= 0.6 is 11.3 Å². The summed E-state index contributed by atoms with van der Waals surface area (Å²) in [6.45, 7) is 3.82. The normalized spacial score (nSPS) is 17.4. The Morgan fingerprint density at radius 1 is 1.24 bits per heavy atom. The lowest BCUT2D eigenvalue weighted by molar-refractivity contribution is -0.123. The zero-order chi connectivity index (χ0) is 18.0. The van der Waals surface area contributed by atoms with E-state index in [1.807, 2.05) is 6.07 Å². The Labute approximate surface area is 150 Å². The molecule has 0 saturated heterocycles. The first-order valence-electron chi connectivity index (χ1n) is 8.32. The topological polar surface area (TPSA) is 78.6 Å². The van der Waals surface area contributed by atoms with Crippen LogP contribution in [0.25, 0.3) is 0 Å². The third-order valence-electron chi connectivity index (χ3n) is 4.28. The van der Waals surface area contributed by atoms with E-state index in [-0.39, 0.29) is 5.97 Å². The van der Waals surface area contributed by atoms with Crippen LogP contribution in [0.15, 0.2) is 30.3 Å². The first-order valence-corrected chi connectivity index (χ1v) is 9.14. The Balaban J connectivity index is 1.64. The number of esters is 1. The lowest BCUT2D eigenvalue weighted by atomic mass is 9.90. The highest BCUT2D eigenvalue weighted by Crippen LogP contribution is 2.32. The van der Waals surface area contributed by atoms with Crippen molar-refractivity contribution in [2.24, 2.45) is 11.7 Å². The van der Waals surface area contributed by atoms with E-state index in [2.05, 4.69) is 6.92 Å². The summed E-state index contributed by atoms with van der Waals surface area (Å²) in [6.07, 6.45) is 2.53. The fraction of sp³-hybridized carbons (Fsp3) is 0.368. The average Bonchev–Trinajstić information content (AvgIpc) is 2.99. The largest absolute Gasteiger partial charge is 0.481 e. The van der Waals surface area contributed by atoms with Crippen LogP contribution in [0.2, 0.25) is 0 Å². The van der Waals surface area contributed by atoms with E-state index in [0.29, 0.717) is 22.3 Å². The molecular weight excluding hydrogens is 338 g/mol. The van der Waals surface area contributed by atoms with Crippen LogP contribution in [0, 0.1) is 5.92 Å². The summed E-state index contributed by atoms with van der Waals surface area (Å²) in [5, 5.41) is 0. The van der Waals surface area contributed by atoms with Crippen molar-refractivity contribution in [2.45, 2.75) is 39.2 Å². The molecule has 1 aliphatic rings. The van der Waals surface area contributed by atoms with Crippen molar-refractivity contribution < 1.29 is 19.1 Å². The SMILES string of the molecule is C[C@@H]1CCc2sc(C(=O)Oc3ccc(O[C@H](C)C(N)=O)cc3)cc2C1. The van der Waals surface area contributed by atoms with Crippen molar-refractivity contribution in [1.82, 2.24) is 0 Å². The molecule has 0 radical (unpaired) electrons. The summed E-state index contributed by atoms with van der Waals surface area (Å²) in [6, 6.07) is 8.52. The molecule has 2 aromatic rings. The molecule has 1 amide bonds. The van der Waals surface area contributed by atoms with Gasteiger partial charge in [0.25, 0.3) is 5.91 Å². The average molecular weight is 359 g/mol. The molecule has 0 unspecified atom stereocenters. The molecule has 0 spiro atoms. The minimum absolute atomic E-state index is 0.341. The molecule has 1 aliphatic carbocycles. The molecule has 1 aromatic carbocycles. The number of benzene rings is 1. The Hall–Kier alpha value is -2.34.